The first kappa shape index (κ1) is 18.0. The molecule has 6 heteroatoms. The van der Waals surface area contributed by atoms with Gasteiger partial charge in [-0.25, -0.2) is 14.4 Å². The lowest BCUT2D eigenvalue weighted by Gasteiger charge is -2.09. The van der Waals surface area contributed by atoms with Gasteiger partial charge in [-0.15, -0.1) is 0 Å². The summed E-state index contributed by atoms with van der Waals surface area (Å²) in [7, 11) is 0. The van der Waals surface area contributed by atoms with Crippen LogP contribution in [-0.4, -0.2) is 27.0 Å². The molecular formula is C20H23FN4O. The number of fused-ring (bicyclic) bond motifs is 1. The number of amides is 1. The second-order valence-electron chi connectivity index (χ2n) is 6.29. The highest BCUT2D eigenvalue weighted by Gasteiger charge is 2.12. The Bertz CT molecular complexity index is 873. The van der Waals surface area contributed by atoms with Crippen molar-refractivity contribution in [1.29, 1.82) is 0 Å². The number of aryl methyl sites for hydroxylation is 1. The largest absolute Gasteiger partial charge is 0.356 e. The third-order valence-corrected chi connectivity index (χ3v) is 4.21. The number of nitrogens with one attached hydrogen (secondary N) is 1. The van der Waals surface area contributed by atoms with E-state index in [4.69, 9.17) is 0 Å². The molecule has 26 heavy (non-hydrogen) atoms. The standard InChI is InChI=1S/C20H23FN4O/c1-2-12-22-19(26)7-3-6-18-24-17-5-4-13-23-20(17)25(18)14-15-8-10-16(21)11-9-15/h4-5,8-11,13H,2-3,6-7,12,14H2,1H3,(H,22,26). The minimum absolute atomic E-state index is 0.0752. The number of hydrogen-bond acceptors (Lipinski definition) is 3. The Morgan fingerprint density at radius 1 is 1.23 bits per heavy atom. The number of halogens is 1. The summed E-state index contributed by atoms with van der Waals surface area (Å²) in [4.78, 5) is 20.9. The Morgan fingerprint density at radius 2 is 2.04 bits per heavy atom. The van der Waals surface area contributed by atoms with Crippen molar-refractivity contribution in [3.63, 3.8) is 0 Å². The average Bonchev–Trinajstić information content (AvgIpc) is 2.99. The summed E-state index contributed by atoms with van der Waals surface area (Å²) in [6.07, 6.45) is 4.57. The highest BCUT2D eigenvalue weighted by atomic mass is 19.1. The monoisotopic (exact) mass is 354 g/mol. The summed E-state index contributed by atoms with van der Waals surface area (Å²) in [5.74, 6) is 0.721. The quantitative estimate of drug-likeness (QED) is 0.674. The second kappa shape index (κ2) is 8.56. The fourth-order valence-corrected chi connectivity index (χ4v) is 2.89. The van der Waals surface area contributed by atoms with E-state index < -0.39 is 0 Å². The van der Waals surface area contributed by atoms with Gasteiger partial charge in [-0.3, -0.25) is 4.79 Å². The number of benzene rings is 1. The van der Waals surface area contributed by atoms with E-state index in [2.05, 4.69) is 15.3 Å². The molecule has 136 valence electrons. The molecule has 0 fully saturated rings. The van der Waals surface area contributed by atoms with E-state index in [0.29, 0.717) is 25.9 Å². The molecule has 0 aliphatic heterocycles. The molecule has 0 radical (unpaired) electrons. The molecule has 1 N–H and O–H groups in total. The fraction of sp³-hybridized carbons (Fsp3) is 0.350. The highest BCUT2D eigenvalue weighted by molar-refractivity contribution is 5.75. The SMILES string of the molecule is CCCNC(=O)CCCc1nc2cccnc2n1Cc1ccc(F)cc1. The van der Waals surface area contributed by atoms with Crippen LogP contribution in [0.1, 0.15) is 37.6 Å². The van der Waals surface area contributed by atoms with Crippen LogP contribution in [0.2, 0.25) is 0 Å². The molecule has 2 aromatic heterocycles. The summed E-state index contributed by atoms with van der Waals surface area (Å²) < 4.78 is 15.2. The number of nitrogens with zero attached hydrogens (tertiary/aromatic N) is 3. The van der Waals surface area contributed by atoms with Crippen molar-refractivity contribution >= 4 is 17.1 Å². The van der Waals surface area contributed by atoms with E-state index in [-0.39, 0.29) is 11.7 Å². The average molecular weight is 354 g/mol. The van der Waals surface area contributed by atoms with Crippen LogP contribution in [-0.2, 0) is 17.8 Å². The smallest absolute Gasteiger partial charge is 0.220 e. The Morgan fingerprint density at radius 3 is 2.81 bits per heavy atom. The van der Waals surface area contributed by atoms with Gasteiger partial charge in [0.1, 0.15) is 17.2 Å². The molecule has 3 aromatic rings. The third kappa shape index (κ3) is 4.45. The van der Waals surface area contributed by atoms with Crippen molar-refractivity contribution in [2.24, 2.45) is 0 Å². The Labute approximate surface area is 152 Å². The molecule has 0 aliphatic carbocycles. The summed E-state index contributed by atoms with van der Waals surface area (Å²) >= 11 is 0. The van der Waals surface area contributed by atoms with Crippen molar-refractivity contribution in [1.82, 2.24) is 19.9 Å². The minimum Gasteiger partial charge on any atom is -0.356 e. The molecule has 1 amide bonds. The summed E-state index contributed by atoms with van der Waals surface area (Å²) in [5.41, 5.74) is 2.63. The first-order valence-electron chi connectivity index (χ1n) is 8.98. The maximum Gasteiger partial charge on any atom is 0.220 e. The predicted molar refractivity (Wildman–Crippen MR) is 99.3 cm³/mol. The van der Waals surface area contributed by atoms with E-state index >= 15 is 0 Å². The second-order valence-corrected chi connectivity index (χ2v) is 6.29. The lowest BCUT2D eigenvalue weighted by Crippen LogP contribution is -2.23. The number of imidazole rings is 1. The summed E-state index contributed by atoms with van der Waals surface area (Å²) in [6.45, 7) is 3.32. The van der Waals surface area contributed by atoms with Crippen LogP contribution in [0.3, 0.4) is 0 Å². The molecule has 0 bridgehead atoms. The predicted octanol–water partition coefficient (Wildman–Crippen LogP) is 3.47. The molecule has 3 rings (SSSR count). The van der Waals surface area contributed by atoms with E-state index in [0.717, 1.165) is 35.4 Å². The van der Waals surface area contributed by atoms with Crippen molar-refractivity contribution in [2.45, 2.75) is 39.2 Å². The fourth-order valence-electron chi connectivity index (χ4n) is 2.89. The molecule has 0 saturated carbocycles. The molecule has 5 nitrogen and oxygen atoms in total. The number of rotatable bonds is 8. The van der Waals surface area contributed by atoms with Gasteiger partial charge in [0.05, 0.1) is 6.54 Å². The van der Waals surface area contributed by atoms with Gasteiger partial charge in [0.2, 0.25) is 5.91 Å². The zero-order valence-electron chi connectivity index (χ0n) is 14.9. The van der Waals surface area contributed by atoms with Gasteiger partial charge in [-0.2, -0.15) is 0 Å². The van der Waals surface area contributed by atoms with Gasteiger partial charge in [0, 0.05) is 25.6 Å². The highest BCUT2D eigenvalue weighted by Crippen LogP contribution is 2.18. The number of carbonyl (C=O) groups is 1. The zero-order valence-corrected chi connectivity index (χ0v) is 14.9. The summed E-state index contributed by atoms with van der Waals surface area (Å²) in [5, 5.41) is 2.89. The zero-order chi connectivity index (χ0) is 18.4. The molecule has 1 aromatic carbocycles. The molecule has 0 atom stereocenters. The topological polar surface area (TPSA) is 59.8 Å². The van der Waals surface area contributed by atoms with Crippen LogP contribution in [0.5, 0.6) is 0 Å². The van der Waals surface area contributed by atoms with Crippen LogP contribution in [0.25, 0.3) is 11.2 Å². The number of aromatic nitrogens is 3. The lowest BCUT2D eigenvalue weighted by molar-refractivity contribution is -0.121. The van der Waals surface area contributed by atoms with Gasteiger partial charge >= 0.3 is 0 Å². The van der Waals surface area contributed by atoms with Crippen molar-refractivity contribution < 1.29 is 9.18 Å². The molecule has 0 saturated heterocycles. The van der Waals surface area contributed by atoms with Crippen LogP contribution in [0.4, 0.5) is 4.39 Å². The first-order chi connectivity index (χ1) is 12.7. The van der Waals surface area contributed by atoms with E-state index in [1.165, 1.54) is 12.1 Å². The summed E-state index contributed by atoms with van der Waals surface area (Å²) in [6, 6.07) is 10.2. The molecule has 2 heterocycles. The van der Waals surface area contributed by atoms with E-state index in [1.807, 2.05) is 23.6 Å². The molecule has 0 aliphatic rings. The Balaban J connectivity index is 1.76. The van der Waals surface area contributed by atoms with Crippen LogP contribution < -0.4 is 5.32 Å². The number of pyridine rings is 1. The molecule has 0 spiro atoms. The molecular weight excluding hydrogens is 331 g/mol. The van der Waals surface area contributed by atoms with Gasteiger partial charge in [0.25, 0.3) is 0 Å². The van der Waals surface area contributed by atoms with Gasteiger partial charge < -0.3 is 9.88 Å². The minimum atomic E-state index is -0.249. The number of carbonyl (C=O) groups excluding carboxylic acids is 1. The lowest BCUT2D eigenvalue weighted by atomic mass is 10.2. The maximum atomic E-state index is 13.2. The van der Waals surface area contributed by atoms with Crippen molar-refractivity contribution in [3.05, 3.63) is 59.8 Å². The normalized spacial score (nSPS) is 11.0. The molecule has 0 unspecified atom stereocenters. The van der Waals surface area contributed by atoms with Gasteiger partial charge in [-0.1, -0.05) is 19.1 Å². The van der Waals surface area contributed by atoms with Crippen LogP contribution in [0.15, 0.2) is 42.6 Å². The van der Waals surface area contributed by atoms with Crippen molar-refractivity contribution in [3.8, 4) is 0 Å². The van der Waals surface area contributed by atoms with E-state index in [9.17, 15) is 9.18 Å². The van der Waals surface area contributed by atoms with Gasteiger partial charge in [-0.05, 0) is 42.7 Å². The maximum absolute atomic E-state index is 13.2. The van der Waals surface area contributed by atoms with Crippen molar-refractivity contribution in [2.75, 3.05) is 6.54 Å². The van der Waals surface area contributed by atoms with Crippen LogP contribution >= 0.6 is 0 Å². The third-order valence-electron chi connectivity index (χ3n) is 4.21. The Hall–Kier alpha value is -2.76. The first-order valence-corrected chi connectivity index (χ1v) is 8.98. The van der Waals surface area contributed by atoms with Crippen LogP contribution in [0, 0.1) is 5.82 Å². The van der Waals surface area contributed by atoms with Gasteiger partial charge in [0.15, 0.2) is 5.65 Å². The Kier molecular flexibility index (Phi) is 5.94. The number of hydrogen-bond donors (Lipinski definition) is 1. The van der Waals surface area contributed by atoms with E-state index in [1.54, 1.807) is 18.3 Å².